The van der Waals surface area contributed by atoms with Gasteiger partial charge < -0.3 is 10.0 Å². The molecule has 0 spiro atoms. The Labute approximate surface area is 204 Å². The Morgan fingerprint density at radius 1 is 1.21 bits per heavy atom. The molecule has 1 saturated heterocycles. The number of carboxylic acid groups (broad SMARTS) is 1. The Morgan fingerprint density at radius 2 is 2.00 bits per heavy atom. The van der Waals surface area contributed by atoms with Crippen molar-refractivity contribution in [1.82, 2.24) is 29.7 Å². The Morgan fingerprint density at radius 3 is 2.68 bits per heavy atom. The number of aliphatic carboxylic acids is 1. The average molecular weight is 503 g/mol. The van der Waals surface area contributed by atoms with Crippen LogP contribution in [0.5, 0.6) is 0 Å². The second kappa shape index (κ2) is 8.84. The number of rotatable bonds is 7. The van der Waals surface area contributed by atoms with Gasteiger partial charge in [-0.05, 0) is 42.7 Å². The minimum absolute atomic E-state index is 0.0264. The number of carboxylic acids is 1. The highest BCUT2D eigenvalue weighted by molar-refractivity contribution is 6.30. The van der Waals surface area contributed by atoms with E-state index in [-0.39, 0.29) is 30.3 Å². The van der Waals surface area contributed by atoms with Crippen LogP contribution in [0.3, 0.4) is 0 Å². The highest BCUT2D eigenvalue weighted by Crippen LogP contribution is 2.35. The molecular weight excluding hydrogens is 483 g/mol. The molecule has 3 heterocycles. The summed E-state index contributed by atoms with van der Waals surface area (Å²) in [6.45, 7) is -0.326. The maximum atomic E-state index is 13.2. The van der Waals surface area contributed by atoms with Crippen LogP contribution in [-0.2, 0) is 20.8 Å². The van der Waals surface area contributed by atoms with E-state index in [9.17, 15) is 19.5 Å². The van der Waals surface area contributed by atoms with Gasteiger partial charge in [-0.25, -0.2) is 9.48 Å². The molecule has 1 aliphatic carbocycles. The Kier molecular flexibility index (Phi) is 5.86. The van der Waals surface area contributed by atoms with Crippen molar-refractivity contribution in [3.05, 3.63) is 58.1 Å². The SMILES string of the molecule is O=C1CN(C(Cc2ccn(C3CC3)n2)C(=O)O)C(=O)CC1c1cc(Cl)ccc1-n1cc(Cl)nn1. The van der Waals surface area contributed by atoms with Crippen molar-refractivity contribution in [1.29, 1.82) is 0 Å². The number of ketones is 1. The lowest BCUT2D eigenvalue weighted by molar-refractivity contribution is -0.154. The molecule has 34 heavy (non-hydrogen) atoms. The quantitative estimate of drug-likeness (QED) is 0.526. The van der Waals surface area contributed by atoms with Crippen LogP contribution in [0.15, 0.2) is 36.7 Å². The lowest BCUT2D eigenvalue weighted by atomic mass is 9.86. The van der Waals surface area contributed by atoms with Crippen molar-refractivity contribution in [2.75, 3.05) is 6.54 Å². The summed E-state index contributed by atoms with van der Waals surface area (Å²) in [5.74, 6) is -2.70. The van der Waals surface area contributed by atoms with Gasteiger partial charge in [-0.2, -0.15) is 5.10 Å². The maximum absolute atomic E-state index is 13.2. The van der Waals surface area contributed by atoms with Gasteiger partial charge in [0.05, 0.1) is 36.1 Å². The molecule has 2 fully saturated rings. The third-order valence-electron chi connectivity index (χ3n) is 6.14. The molecule has 2 aliphatic rings. The summed E-state index contributed by atoms with van der Waals surface area (Å²) in [6.07, 6.45) is 5.25. The molecule has 1 N–H and O–H groups in total. The van der Waals surface area contributed by atoms with Crippen molar-refractivity contribution in [2.24, 2.45) is 0 Å². The molecule has 1 saturated carbocycles. The molecule has 12 heteroatoms. The predicted molar refractivity (Wildman–Crippen MR) is 121 cm³/mol. The Balaban J connectivity index is 1.39. The van der Waals surface area contributed by atoms with Crippen LogP contribution in [0.25, 0.3) is 5.69 Å². The number of nitrogens with zero attached hydrogens (tertiary/aromatic N) is 6. The summed E-state index contributed by atoms with van der Waals surface area (Å²) < 4.78 is 3.24. The van der Waals surface area contributed by atoms with Crippen LogP contribution in [0.1, 0.15) is 42.5 Å². The zero-order chi connectivity index (χ0) is 24.0. The third kappa shape index (κ3) is 4.43. The number of Topliss-reactive ketones (excluding diaryl/α,β-unsaturated/α-hetero) is 1. The van der Waals surface area contributed by atoms with Crippen LogP contribution in [-0.4, -0.2) is 65.0 Å². The van der Waals surface area contributed by atoms with E-state index in [2.05, 4.69) is 15.4 Å². The van der Waals surface area contributed by atoms with Crippen LogP contribution in [0.4, 0.5) is 0 Å². The van der Waals surface area contributed by atoms with Gasteiger partial charge in [-0.3, -0.25) is 14.3 Å². The van der Waals surface area contributed by atoms with Gasteiger partial charge in [-0.15, -0.1) is 5.10 Å². The summed E-state index contributed by atoms with van der Waals surface area (Å²) in [6, 6.07) is 5.85. The predicted octanol–water partition coefficient (Wildman–Crippen LogP) is 2.69. The van der Waals surface area contributed by atoms with Gasteiger partial charge in [0.2, 0.25) is 5.91 Å². The molecule has 1 aliphatic heterocycles. The number of carbonyl (C=O) groups is 3. The summed E-state index contributed by atoms with van der Waals surface area (Å²) >= 11 is 12.1. The molecule has 3 aromatic rings. The highest BCUT2D eigenvalue weighted by atomic mass is 35.5. The van der Waals surface area contributed by atoms with E-state index in [0.29, 0.717) is 28.0 Å². The molecule has 0 radical (unpaired) electrons. The maximum Gasteiger partial charge on any atom is 0.326 e. The van der Waals surface area contributed by atoms with Crippen LogP contribution >= 0.6 is 23.2 Å². The van der Waals surface area contributed by atoms with E-state index in [1.54, 1.807) is 24.3 Å². The number of aromatic nitrogens is 5. The zero-order valence-electron chi connectivity index (χ0n) is 17.8. The Hall–Kier alpha value is -3.24. The summed E-state index contributed by atoms with van der Waals surface area (Å²) in [4.78, 5) is 39.5. The number of amides is 1. The van der Waals surface area contributed by atoms with Crippen molar-refractivity contribution in [2.45, 2.75) is 43.7 Å². The minimum Gasteiger partial charge on any atom is -0.480 e. The van der Waals surface area contributed by atoms with Crippen molar-refractivity contribution in [3.63, 3.8) is 0 Å². The van der Waals surface area contributed by atoms with Gasteiger partial charge in [-0.1, -0.05) is 28.4 Å². The zero-order valence-corrected chi connectivity index (χ0v) is 19.4. The molecule has 2 aromatic heterocycles. The number of likely N-dealkylation sites (tertiary alicyclic amines) is 1. The number of hydrogen-bond acceptors (Lipinski definition) is 6. The molecule has 1 aromatic carbocycles. The number of hydrogen-bond donors (Lipinski definition) is 1. The van der Waals surface area contributed by atoms with Crippen LogP contribution in [0, 0.1) is 0 Å². The van der Waals surface area contributed by atoms with E-state index in [0.717, 1.165) is 17.7 Å². The number of carbonyl (C=O) groups excluding carboxylic acids is 2. The fourth-order valence-corrected chi connectivity index (χ4v) is 4.58. The second-order valence-electron chi connectivity index (χ2n) is 8.51. The van der Waals surface area contributed by atoms with Crippen molar-refractivity contribution in [3.8, 4) is 5.69 Å². The van der Waals surface area contributed by atoms with E-state index in [4.69, 9.17) is 23.2 Å². The molecule has 5 rings (SSSR count). The monoisotopic (exact) mass is 502 g/mol. The third-order valence-corrected chi connectivity index (χ3v) is 6.55. The van der Waals surface area contributed by atoms with Gasteiger partial charge in [0.1, 0.15) is 6.04 Å². The molecule has 10 nitrogen and oxygen atoms in total. The first-order chi connectivity index (χ1) is 16.3. The summed E-state index contributed by atoms with van der Waals surface area (Å²) in [7, 11) is 0. The molecule has 2 unspecified atom stereocenters. The van der Waals surface area contributed by atoms with Gasteiger partial charge >= 0.3 is 5.97 Å². The smallest absolute Gasteiger partial charge is 0.326 e. The van der Waals surface area contributed by atoms with E-state index < -0.39 is 23.8 Å². The summed E-state index contributed by atoms with van der Waals surface area (Å²) in [5.41, 5.74) is 1.59. The minimum atomic E-state index is -1.19. The summed E-state index contributed by atoms with van der Waals surface area (Å²) in [5, 5.41) is 22.6. The molecular formula is C22H20Cl2N6O4. The first kappa shape index (κ1) is 22.5. The van der Waals surface area contributed by atoms with Crippen molar-refractivity contribution < 1.29 is 19.5 Å². The highest BCUT2D eigenvalue weighted by Gasteiger charge is 2.41. The number of halogens is 2. The molecule has 1 amide bonds. The lowest BCUT2D eigenvalue weighted by Crippen LogP contribution is -2.53. The fourth-order valence-electron chi connectivity index (χ4n) is 4.27. The molecule has 0 bridgehead atoms. The van der Waals surface area contributed by atoms with Gasteiger partial charge in [0, 0.05) is 24.1 Å². The fraction of sp³-hybridized carbons (Fsp3) is 0.364. The second-order valence-corrected chi connectivity index (χ2v) is 9.33. The first-order valence-electron chi connectivity index (χ1n) is 10.8. The number of benzene rings is 1. The largest absolute Gasteiger partial charge is 0.480 e. The van der Waals surface area contributed by atoms with Crippen molar-refractivity contribution >= 4 is 40.9 Å². The van der Waals surface area contributed by atoms with Crippen LogP contribution in [0.2, 0.25) is 10.2 Å². The average Bonchev–Trinajstić information content (AvgIpc) is 3.39. The normalized spacial score (nSPS) is 19.5. The van der Waals surface area contributed by atoms with Gasteiger partial charge in [0.15, 0.2) is 10.9 Å². The lowest BCUT2D eigenvalue weighted by Gasteiger charge is -2.35. The molecule has 176 valence electrons. The van der Waals surface area contributed by atoms with E-state index in [1.165, 1.54) is 10.9 Å². The van der Waals surface area contributed by atoms with E-state index >= 15 is 0 Å². The topological polar surface area (TPSA) is 123 Å². The van der Waals surface area contributed by atoms with Gasteiger partial charge in [0.25, 0.3) is 0 Å². The first-order valence-corrected chi connectivity index (χ1v) is 11.5. The number of piperidine rings is 1. The standard InChI is InChI=1S/C22H20Cl2N6O4/c23-12-1-4-17(30-11-20(24)25-27-30)15(7-12)16-9-21(32)28(10-19(16)31)18(22(33)34)8-13-5-6-29(26-13)14-2-3-14/h1,4-7,11,14,16,18H,2-3,8-10H2,(H,33,34). The Bertz CT molecular complexity index is 1280. The van der Waals surface area contributed by atoms with E-state index in [1.807, 2.05) is 10.9 Å². The van der Waals surface area contributed by atoms with Crippen LogP contribution < -0.4 is 0 Å². The molecule has 2 atom stereocenters.